The molecule has 0 unspecified atom stereocenters. The number of nitrogens with zero attached hydrogens (tertiary/aromatic N) is 3. The third-order valence-electron chi connectivity index (χ3n) is 7.51. The van der Waals surface area contributed by atoms with Crippen LogP contribution in [0.1, 0.15) is 101 Å². The highest BCUT2D eigenvalue weighted by atomic mass is 16.2. The topological polar surface area (TPSA) is 219 Å². The van der Waals surface area contributed by atoms with Crippen LogP contribution in [0, 0.1) is 5.92 Å². The molecule has 0 spiro atoms. The number of amides is 5. The minimum atomic E-state index is -1.02. The molecule has 0 aromatic carbocycles. The van der Waals surface area contributed by atoms with E-state index in [-0.39, 0.29) is 36.3 Å². The number of hydrogen-bond donors (Lipinski definition) is 6. The molecule has 0 aliphatic carbocycles. The van der Waals surface area contributed by atoms with E-state index in [9.17, 15) is 28.8 Å². The first-order chi connectivity index (χ1) is 21.6. The summed E-state index contributed by atoms with van der Waals surface area (Å²) in [6.45, 7) is 5.25. The van der Waals surface area contributed by atoms with Crippen molar-refractivity contribution >= 4 is 35.8 Å². The molecule has 2 bridgehead atoms. The lowest BCUT2D eigenvalue weighted by molar-refractivity contribution is -0.131. The zero-order valence-electron chi connectivity index (χ0n) is 26.6. The molecular formula is C30H51N9O6. The zero-order valence-corrected chi connectivity index (χ0v) is 26.6. The van der Waals surface area contributed by atoms with Crippen LogP contribution in [0.3, 0.4) is 0 Å². The first kappa shape index (κ1) is 37.3. The van der Waals surface area contributed by atoms with Gasteiger partial charge in [0.25, 0.3) is 5.91 Å². The molecule has 1 aromatic heterocycles. The molecule has 2 rings (SSSR count). The largest absolute Gasteiger partial charge is 0.356 e. The smallest absolute Gasteiger partial charge is 0.274 e. The van der Waals surface area contributed by atoms with E-state index in [0.717, 1.165) is 12.8 Å². The van der Waals surface area contributed by atoms with Gasteiger partial charge in [-0.1, -0.05) is 25.5 Å². The molecule has 3 atom stereocenters. The number of nitrogens with two attached hydrogens (primary N) is 1. The Morgan fingerprint density at radius 1 is 1.00 bits per heavy atom. The molecule has 252 valence electrons. The Kier molecular flexibility index (Phi) is 17.4. The summed E-state index contributed by atoms with van der Waals surface area (Å²) < 4.78 is 1.55. The van der Waals surface area contributed by atoms with Gasteiger partial charge in [-0.15, -0.1) is 5.10 Å². The number of carbonyl (C=O) groups excluding carboxylic acids is 6. The molecule has 0 saturated carbocycles. The summed E-state index contributed by atoms with van der Waals surface area (Å²) >= 11 is 0. The van der Waals surface area contributed by atoms with Crippen molar-refractivity contribution < 1.29 is 28.8 Å². The molecule has 1 aliphatic rings. The highest BCUT2D eigenvalue weighted by molar-refractivity contribution is 5.97. The average molecular weight is 634 g/mol. The molecular weight excluding hydrogens is 582 g/mol. The molecule has 5 amide bonds. The Hall–Kier alpha value is -3.88. The van der Waals surface area contributed by atoms with E-state index in [2.05, 4.69) is 36.9 Å². The Bertz CT molecular complexity index is 1110. The minimum absolute atomic E-state index is 0.0440. The summed E-state index contributed by atoms with van der Waals surface area (Å²) in [5.41, 5.74) is 5.70. The van der Waals surface area contributed by atoms with Gasteiger partial charge in [0.1, 0.15) is 18.4 Å². The maximum Gasteiger partial charge on any atom is 0.274 e. The number of hydrogen-bond acceptors (Lipinski definition) is 9. The lowest BCUT2D eigenvalue weighted by atomic mass is 10.0. The second kappa shape index (κ2) is 21.0. The molecule has 0 saturated heterocycles. The van der Waals surface area contributed by atoms with Gasteiger partial charge in [0, 0.05) is 32.0 Å². The summed E-state index contributed by atoms with van der Waals surface area (Å²) in [6.07, 6.45) is 8.46. The monoisotopic (exact) mass is 633 g/mol. The maximum atomic E-state index is 13.5. The number of unbranched alkanes of at least 4 members (excludes halogenated alkanes) is 1. The van der Waals surface area contributed by atoms with Crippen LogP contribution in [-0.2, 0) is 30.5 Å². The van der Waals surface area contributed by atoms with Gasteiger partial charge in [-0.2, -0.15) is 0 Å². The standard InChI is InChI=1S/C30H51N9O6/c1-21(2)27(42)33-17-10-13-24-28(43)34-22(20-40)11-6-8-16-32-26(41)14-4-3-9-18-39-19-25(37-38-39)30(45)36-23(29(44)35-24)12-5-7-15-31/h19-24H,3-18,31H2,1-2H3,(H,32,41)(H,33,42)(H,34,43)(H,35,44)(H,36,45)/t22-,23-,24-/m0/s1. The number of rotatable bonds is 10. The highest BCUT2D eigenvalue weighted by Gasteiger charge is 2.28. The predicted molar refractivity (Wildman–Crippen MR) is 167 cm³/mol. The fourth-order valence-corrected chi connectivity index (χ4v) is 4.77. The van der Waals surface area contributed by atoms with Crippen LogP contribution in [0.25, 0.3) is 0 Å². The second-order valence-electron chi connectivity index (χ2n) is 11.7. The van der Waals surface area contributed by atoms with Gasteiger partial charge in [-0.3, -0.25) is 28.7 Å². The van der Waals surface area contributed by atoms with Gasteiger partial charge in [0.15, 0.2) is 5.69 Å². The summed E-state index contributed by atoms with van der Waals surface area (Å²) in [5.74, 6) is -2.05. The third kappa shape index (κ3) is 14.6. The SMILES string of the molecule is CC(C)C(=O)NCCC[C@@H]1NC(=O)[C@H](CCCCN)NC(=O)c2cn(nn2)CCCCCC(=O)NCCCC[C@@H](C=O)NC1=O. The number of aromatic nitrogens is 3. The molecule has 0 fully saturated rings. The van der Waals surface area contributed by atoms with E-state index >= 15 is 0 Å². The Morgan fingerprint density at radius 2 is 1.73 bits per heavy atom. The van der Waals surface area contributed by atoms with Crippen molar-refractivity contribution in [1.29, 1.82) is 0 Å². The lowest BCUT2D eigenvalue weighted by Gasteiger charge is -2.24. The van der Waals surface area contributed by atoms with Crippen LogP contribution in [0.5, 0.6) is 0 Å². The van der Waals surface area contributed by atoms with Crippen molar-refractivity contribution in [3.05, 3.63) is 11.9 Å². The van der Waals surface area contributed by atoms with Gasteiger partial charge in [0.05, 0.1) is 12.2 Å². The van der Waals surface area contributed by atoms with E-state index in [1.165, 1.54) is 6.20 Å². The van der Waals surface area contributed by atoms with Crippen LogP contribution in [0.15, 0.2) is 6.20 Å². The lowest BCUT2D eigenvalue weighted by Crippen LogP contribution is -2.55. The summed E-state index contributed by atoms with van der Waals surface area (Å²) in [7, 11) is 0. The summed E-state index contributed by atoms with van der Waals surface area (Å²) in [6, 6.07) is -2.78. The molecule has 7 N–H and O–H groups in total. The Morgan fingerprint density at radius 3 is 2.47 bits per heavy atom. The van der Waals surface area contributed by atoms with Gasteiger partial charge in [0.2, 0.25) is 23.6 Å². The van der Waals surface area contributed by atoms with Crippen LogP contribution in [0.2, 0.25) is 0 Å². The predicted octanol–water partition coefficient (Wildman–Crippen LogP) is 0.0869. The first-order valence-corrected chi connectivity index (χ1v) is 16.2. The fourth-order valence-electron chi connectivity index (χ4n) is 4.77. The number of aldehydes is 1. The van der Waals surface area contributed by atoms with Crippen LogP contribution >= 0.6 is 0 Å². The van der Waals surface area contributed by atoms with E-state index in [0.29, 0.717) is 83.8 Å². The molecule has 1 aromatic rings. The van der Waals surface area contributed by atoms with Crippen molar-refractivity contribution in [2.45, 2.75) is 116 Å². The fraction of sp³-hybridized carbons (Fsp3) is 0.733. The summed E-state index contributed by atoms with van der Waals surface area (Å²) in [4.78, 5) is 75.9. The van der Waals surface area contributed by atoms with Crippen LogP contribution in [0.4, 0.5) is 0 Å². The second-order valence-corrected chi connectivity index (χ2v) is 11.7. The van der Waals surface area contributed by atoms with Crippen molar-refractivity contribution in [2.75, 3.05) is 19.6 Å². The number of carbonyl (C=O) groups is 6. The van der Waals surface area contributed by atoms with Crippen LogP contribution in [-0.4, -0.2) is 88.6 Å². The highest BCUT2D eigenvalue weighted by Crippen LogP contribution is 2.08. The molecule has 1 aliphatic heterocycles. The van der Waals surface area contributed by atoms with Gasteiger partial charge < -0.3 is 37.1 Å². The van der Waals surface area contributed by atoms with Crippen molar-refractivity contribution in [3.63, 3.8) is 0 Å². The van der Waals surface area contributed by atoms with Gasteiger partial charge >= 0.3 is 0 Å². The number of aryl methyl sites for hydroxylation is 1. The van der Waals surface area contributed by atoms with Gasteiger partial charge in [-0.25, -0.2) is 0 Å². The van der Waals surface area contributed by atoms with Crippen LogP contribution < -0.4 is 32.3 Å². The minimum Gasteiger partial charge on any atom is -0.356 e. The maximum absolute atomic E-state index is 13.5. The molecule has 0 radical (unpaired) electrons. The molecule has 15 nitrogen and oxygen atoms in total. The Balaban J connectivity index is 2.23. The van der Waals surface area contributed by atoms with E-state index in [1.54, 1.807) is 18.5 Å². The zero-order chi connectivity index (χ0) is 33.0. The molecule has 45 heavy (non-hydrogen) atoms. The number of nitrogens with one attached hydrogen (secondary N) is 5. The quantitative estimate of drug-likeness (QED) is 0.152. The van der Waals surface area contributed by atoms with Crippen molar-refractivity contribution in [3.8, 4) is 0 Å². The van der Waals surface area contributed by atoms with E-state index < -0.39 is 35.8 Å². The normalized spacial score (nSPS) is 21.6. The Labute approximate surface area is 264 Å². The molecule has 2 heterocycles. The molecule has 15 heteroatoms. The summed E-state index contributed by atoms with van der Waals surface area (Å²) in [5, 5.41) is 21.8. The van der Waals surface area contributed by atoms with Crippen molar-refractivity contribution in [1.82, 2.24) is 41.6 Å². The number of fused-ring (bicyclic) bond motifs is 2. The van der Waals surface area contributed by atoms with E-state index in [1.807, 2.05) is 0 Å². The first-order valence-electron chi connectivity index (χ1n) is 16.2. The van der Waals surface area contributed by atoms with E-state index in [4.69, 9.17) is 5.73 Å². The van der Waals surface area contributed by atoms with Crippen molar-refractivity contribution in [2.24, 2.45) is 11.7 Å². The van der Waals surface area contributed by atoms with Gasteiger partial charge in [-0.05, 0) is 70.8 Å². The average Bonchev–Trinajstić information content (AvgIpc) is 3.49. The third-order valence-corrected chi connectivity index (χ3v) is 7.51.